The van der Waals surface area contributed by atoms with Gasteiger partial charge in [-0.1, -0.05) is 25.4 Å². The van der Waals surface area contributed by atoms with Crippen molar-refractivity contribution in [1.29, 1.82) is 0 Å². The number of carbonyl (C=O) groups is 2. The normalized spacial score (nSPS) is 10.1. The van der Waals surface area contributed by atoms with E-state index in [0.29, 0.717) is 10.7 Å². The Morgan fingerprint density at radius 3 is 2.35 bits per heavy atom. The largest absolute Gasteiger partial charge is 0.331 e. The summed E-state index contributed by atoms with van der Waals surface area (Å²) in [7, 11) is 0. The third-order valence-corrected chi connectivity index (χ3v) is 2.42. The quantitative estimate of drug-likeness (QED) is 0.868. The van der Waals surface area contributed by atoms with Gasteiger partial charge in [-0.3, -0.25) is 4.79 Å². The zero-order valence-corrected chi connectivity index (χ0v) is 10.5. The molecule has 92 valence electrons. The van der Waals surface area contributed by atoms with E-state index in [9.17, 15) is 9.59 Å². The molecule has 0 unspecified atom stereocenters. The molecule has 0 saturated heterocycles. The molecule has 0 saturated carbocycles. The van der Waals surface area contributed by atoms with Crippen LogP contribution in [0.25, 0.3) is 0 Å². The number of nitrogens with one attached hydrogen (secondary N) is 2. The lowest BCUT2D eigenvalue weighted by Crippen LogP contribution is -2.34. The fourth-order valence-electron chi connectivity index (χ4n) is 1.08. The van der Waals surface area contributed by atoms with Crippen molar-refractivity contribution in [2.24, 2.45) is 5.92 Å². The molecule has 0 aromatic heterocycles. The number of urea groups is 1. The second-order valence-corrected chi connectivity index (χ2v) is 4.37. The van der Waals surface area contributed by atoms with Crippen LogP contribution in [0.15, 0.2) is 24.3 Å². The highest BCUT2D eigenvalue weighted by Gasteiger charge is 2.08. The molecule has 17 heavy (non-hydrogen) atoms. The smallest absolute Gasteiger partial charge is 0.319 e. The molecule has 0 heterocycles. The second-order valence-electron chi connectivity index (χ2n) is 3.94. The molecule has 4 nitrogen and oxygen atoms in total. The van der Waals surface area contributed by atoms with Gasteiger partial charge in [0.2, 0.25) is 0 Å². The first-order valence-corrected chi connectivity index (χ1v) is 5.70. The predicted octanol–water partition coefficient (Wildman–Crippen LogP) is 2.69. The highest BCUT2D eigenvalue weighted by Crippen LogP contribution is 2.12. The zero-order valence-electron chi connectivity index (χ0n) is 9.79. The minimum absolute atomic E-state index is 0.00347. The summed E-state index contributed by atoms with van der Waals surface area (Å²) in [5.74, 6) is -0.0814. The Labute approximate surface area is 105 Å². The van der Waals surface area contributed by atoms with Crippen molar-refractivity contribution in [3.05, 3.63) is 29.3 Å². The Hall–Kier alpha value is -1.55. The van der Waals surface area contributed by atoms with Gasteiger partial charge in [0.25, 0.3) is 0 Å². The van der Waals surface area contributed by atoms with E-state index in [4.69, 9.17) is 11.6 Å². The molecule has 0 fully saturated rings. The molecule has 0 bridgehead atoms. The summed E-state index contributed by atoms with van der Waals surface area (Å²) >= 11 is 5.71. The summed E-state index contributed by atoms with van der Waals surface area (Å²) in [6.45, 7) is 3.62. The van der Waals surface area contributed by atoms with Crippen LogP contribution in [0.1, 0.15) is 13.8 Å². The van der Waals surface area contributed by atoms with Gasteiger partial charge in [0.05, 0.1) is 6.54 Å². The fraction of sp³-hybridized carbons (Fsp3) is 0.333. The van der Waals surface area contributed by atoms with Crippen LogP contribution >= 0.6 is 11.6 Å². The van der Waals surface area contributed by atoms with Gasteiger partial charge in [-0.05, 0) is 24.3 Å². The molecule has 1 aromatic rings. The van der Waals surface area contributed by atoms with Crippen molar-refractivity contribution in [1.82, 2.24) is 5.32 Å². The Bertz CT molecular complexity index is 401. The predicted molar refractivity (Wildman–Crippen MR) is 68.3 cm³/mol. The van der Waals surface area contributed by atoms with E-state index in [2.05, 4.69) is 10.6 Å². The number of hydrogen-bond donors (Lipinski definition) is 2. The molecular formula is C12H15ClN2O2. The van der Waals surface area contributed by atoms with Gasteiger partial charge in [-0.15, -0.1) is 0 Å². The minimum Gasteiger partial charge on any atom is -0.331 e. The SMILES string of the molecule is CC(C)C(=O)CNC(=O)Nc1ccc(Cl)cc1. The van der Waals surface area contributed by atoms with Gasteiger partial charge in [0.15, 0.2) is 5.78 Å². The molecule has 0 aliphatic heterocycles. The fourth-order valence-corrected chi connectivity index (χ4v) is 1.21. The molecule has 2 amide bonds. The number of amides is 2. The van der Waals surface area contributed by atoms with Gasteiger partial charge in [0.1, 0.15) is 0 Å². The van der Waals surface area contributed by atoms with Gasteiger partial charge in [-0.2, -0.15) is 0 Å². The highest BCUT2D eigenvalue weighted by molar-refractivity contribution is 6.30. The molecule has 0 atom stereocenters. The van der Waals surface area contributed by atoms with Crippen LogP contribution < -0.4 is 10.6 Å². The average Bonchev–Trinajstić information content (AvgIpc) is 2.29. The van der Waals surface area contributed by atoms with Crippen LogP contribution in [0, 0.1) is 5.92 Å². The maximum Gasteiger partial charge on any atom is 0.319 e. The number of anilines is 1. The van der Waals surface area contributed by atoms with E-state index >= 15 is 0 Å². The lowest BCUT2D eigenvalue weighted by atomic mass is 10.1. The molecule has 0 aliphatic carbocycles. The molecular weight excluding hydrogens is 240 g/mol. The van der Waals surface area contributed by atoms with E-state index in [-0.39, 0.29) is 18.2 Å². The number of benzene rings is 1. The topological polar surface area (TPSA) is 58.2 Å². The van der Waals surface area contributed by atoms with Crippen LogP contribution in [-0.2, 0) is 4.79 Å². The maximum atomic E-state index is 11.4. The van der Waals surface area contributed by atoms with Gasteiger partial charge >= 0.3 is 6.03 Å². The molecule has 0 aliphatic rings. The van der Waals surface area contributed by atoms with E-state index in [1.165, 1.54) is 0 Å². The van der Waals surface area contributed by atoms with E-state index < -0.39 is 6.03 Å². The summed E-state index contributed by atoms with van der Waals surface area (Å²) < 4.78 is 0. The van der Waals surface area contributed by atoms with Crippen molar-refractivity contribution < 1.29 is 9.59 Å². The molecule has 0 radical (unpaired) electrons. The third kappa shape index (κ3) is 4.87. The maximum absolute atomic E-state index is 11.4. The Morgan fingerprint density at radius 1 is 1.24 bits per heavy atom. The van der Waals surface area contributed by atoms with Crippen molar-refractivity contribution in [3.63, 3.8) is 0 Å². The number of halogens is 1. The van der Waals surface area contributed by atoms with Crippen LogP contribution in [0.5, 0.6) is 0 Å². The number of rotatable bonds is 4. The molecule has 1 rings (SSSR count). The summed E-state index contributed by atoms with van der Waals surface area (Å²) in [6.07, 6.45) is 0. The third-order valence-electron chi connectivity index (χ3n) is 2.17. The lowest BCUT2D eigenvalue weighted by Gasteiger charge is -2.08. The van der Waals surface area contributed by atoms with E-state index in [1.807, 2.05) is 0 Å². The van der Waals surface area contributed by atoms with Crippen LogP contribution in [0.4, 0.5) is 10.5 Å². The number of ketones is 1. The van der Waals surface area contributed by atoms with Gasteiger partial charge in [-0.25, -0.2) is 4.79 Å². The molecule has 1 aromatic carbocycles. The highest BCUT2D eigenvalue weighted by atomic mass is 35.5. The zero-order chi connectivity index (χ0) is 12.8. The van der Waals surface area contributed by atoms with E-state index in [1.54, 1.807) is 38.1 Å². The summed E-state index contributed by atoms with van der Waals surface area (Å²) in [5.41, 5.74) is 0.629. The lowest BCUT2D eigenvalue weighted by molar-refractivity contribution is -0.120. The second kappa shape index (κ2) is 6.25. The first kappa shape index (κ1) is 13.5. The standard InChI is InChI=1S/C12H15ClN2O2/c1-8(2)11(16)7-14-12(17)15-10-5-3-9(13)4-6-10/h3-6,8H,7H2,1-2H3,(H2,14,15,17). The van der Waals surface area contributed by atoms with Gasteiger partial charge < -0.3 is 10.6 Å². The molecule has 2 N–H and O–H groups in total. The van der Waals surface area contributed by atoms with E-state index in [0.717, 1.165) is 0 Å². The van der Waals surface area contributed by atoms with Crippen molar-refractivity contribution in [2.75, 3.05) is 11.9 Å². The Kier molecular flexibility index (Phi) is 4.97. The Morgan fingerprint density at radius 2 is 1.82 bits per heavy atom. The Balaban J connectivity index is 2.40. The number of carbonyl (C=O) groups excluding carboxylic acids is 2. The summed E-state index contributed by atoms with van der Waals surface area (Å²) in [6, 6.07) is 6.33. The van der Waals surface area contributed by atoms with Crippen LogP contribution in [-0.4, -0.2) is 18.4 Å². The average molecular weight is 255 g/mol. The van der Waals surface area contributed by atoms with Crippen LogP contribution in [0.3, 0.4) is 0 Å². The molecule has 0 spiro atoms. The summed E-state index contributed by atoms with van der Waals surface area (Å²) in [5, 5.41) is 5.70. The van der Waals surface area contributed by atoms with Gasteiger partial charge in [0, 0.05) is 16.6 Å². The number of hydrogen-bond acceptors (Lipinski definition) is 2. The number of Topliss-reactive ketones (excluding diaryl/α,β-unsaturated/α-hetero) is 1. The summed E-state index contributed by atoms with van der Waals surface area (Å²) in [4.78, 5) is 22.7. The minimum atomic E-state index is -0.402. The first-order chi connectivity index (χ1) is 7.99. The van der Waals surface area contributed by atoms with Crippen molar-refractivity contribution in [3.8, 4) is 0 Å². The van der Waals surface area contributed by atoms with Crippen molar-refractivity contribution >= 4 is 29.1 Å². The van der Waals surface area contributed by atoms with Crippen molar-refractivity contribution in [2.45, 2.75) is 13.8 Å². The first-order valence-electron chi connectivity index (χ1n) is 5.32. The van der Waals surface area contributed by atoms with Crippen LogP contribution in [0.2, 0.25) is 5.02 Å². The monoisotopic (exact) mass is 254 g/mol. The molecule has 5 heteroatoms.